The lowest BCUT2D eigenvalue weighted by Gasteiger charge is -2.18. The number of benzene rings is 5. The number of fused-ring (bicyclic) bond motifs is 1. The lowest BCUT2D eigenvalue weighted by molar-refractivity contribution is -0.116. The Kier molecular flexibility index (Phi) is 7.63. The Labute approximate surface area is 220 Å². The van der Waals surface area contributed by atoms with Gasteiger partial charge in [0.15, 0.2) is 0 Å². The molecule has 0 aliphatic carbocycles. The van der Waals surface area contributed by atoms with E-state index in [0.29, 0.717) is 6.42 Å². The van der Waals surface area contributed by atoms with Crippen LogP contribution >= 0.6 is 11.8 Å². The molecular weight excluding hydrogens is 476 g/mol. The molecule has 5 rings (SSSR count). The number of hydrogen-bond donors (Lipinski definition) is 2. The summed E-state index contributed by atoms with van der Waals surface area (Å²) in [4.78, 5) is 26.9. The van der Waals surface area contributed by atoms with E-state index in [4.69, 9.17) is 0 Å². The maximum absolute atomic E-state index is 13.6. The highest BCUT2D eigenvalue weighted by Gasteiger charge is 2.23. The fourth-order valence-corrected chi connectivity index (χ4v) is 5.20. The third kappa shape index (κ3) is 6.26. The van der Waals surface area contributed by atoms with Crippen LogP contribution in [0.15, 0.2) is 132 Å². The lowest BCUT2D eigenvalue weighted by atomic mass is 10.1. The zero-order chi connectivity index (χ0) is 25.5. The summed E-state index contributed by atoms with van der Waals surface area (Å²) in [5, 5.41) is 7.73. The van der Waals surface area contributed by atoms with Gasteiger partial charge < -0.3 is 10.6 Å². The van der Waals surface area contributed by atoms with Gasteiger partial charge in [-0.3, -0.25) is 9.59 Å². The molecule has 2 N–H and O–H groups in total. The maximum atomic E-state index is 13.6. The Hall–Kier alpha value is -4.35. The van der Waals surface area contributed by atoms with E-state index in [9.17, 15) is 9.59 Å². The van der Waals surface area contributed by atoms with Crippen LogP contribution < -0.4 is 10.6 Å². The van der Waals surface area contributed by atoms with Crippen molar-refractivity contribution in [3.05, 3.63) is 139 Å². The summed E-state index contributed by atoms with van der Waals surface area (Å²) in [6.07, 6.45) is 0.321. The normalized spacial score (nSPS) is 11.6. The summed E-state index contributed by atoms with van der Waals surface area (Å²) in [6.45, 7) is 0. The van der Waals surface area contributed by atoms with Gasteiger partial charge >= 0.3 is 0 Å². The molecule has 4 nitrogen and oxygen atoms in total. The Morgan fingerprint density at radius 1 is 0.649 bits per heavy atom. The van der Waals surface area contributed by atoms with Crippen molar-refractivity contribution in [1.82, 2.24) is 0 Å². The highest BCUT2D eigenvalue weighted by Crippen LogP contribution is 2.37. The number of amides is 2. The van der Waals surface area contributed by atoms with Crippen LogP contribution in [0.25, 0.3) is 10.8 Å². The minimum absolute atomic E-state index is 0.0665. The van der Waals surface area contributed by atoms with Crippen LogP contribution in [0.3, 0.4) is 0 Å². The van der Waals surface area contributed by atoms with Gasteiger partial charge in [-0.05, 0) is 46.8 Å². The quantitative estimate of drug-likeness (QED) is 0.216. The molecule has 0 aliphatic heterocycles. The van der Waals surface area contributed by atoms with E-state index in [1.54, 1.807) is 0 Å². The van der Waals surface area contributed by atoms with Crippen molar-refractivity contribution in [3.8, 4) is 0 Å². The molecule has 0 saturated carbocycles. The first kappa shape index (κ1) is 24.3. The number of anilines is 2. The molecule has 0 saturated heterocycles. The summed E-state index contributed by atoms with van der Waals surface area (Å²) < 4.78 is 0. The zero-order valence-electron chi connectivity index (χ0n) is 20.1. The fraction of sp³-hybridized carbons (Fsp3) is 0.0625. The van der Waals surface area contributed by atoms with Crippen molar-refractivity contribution in [3.63, 3.8) is 0 Å². The Morgan fingerprint density at radius 3 is 2.05 bits per heavy atom. The molecule has 0 fully saturated rings. The first-order valence-corrected chi connectivity index (χ1v) is 13.0. The van der Waals surface area contributed by atoms with Crippen LogP contribution in [0.2, 0.25) is 0 Å². The summed E-state index contributed by atoms with van der Waals surface area (Å²) in [7, 11) is 0. The third-order valence-corrected chi connectivity index (χ3v) is 7.25. The smallest absolute Gasteiger partial charge is 0.242 e. The molecule has 1 unspecified atom stereocenters. The molecule has 0 aromatic heterocycles. The molecule has 0 radical (unpaired) electrons. The zero-order valence-corrected chi connectivity index (χ0v) is 21.0. The molecule has 0 aliphatic rings. The van der Waals surface area contributed by atoms with Gasteiger partial charge in [-0.15, -0.1) is 11.8 Å². The summed E-state index contributed by atoms with van der Waals surface area (Å²) in [5.74, 6) is -0.156. The third-order valence-electron chi connectivity index (χ3n) is 5.99. The van der Waals surface area contributed by atoms with E-state index in [1.807, 2.05) is 127 Å². The summed E-state index contributed by atoms with van der Waals surface area (Å²) >= 11 is 1.48. The summed E-state index contributed by atoms with van der Waals surface area (Å²) in [5.41, 5.74) is 3.41. The minimum Gasteiger partial charge on any atom is -0.326 e. The van der Waals surface area contributed by atoms with Crippen LogP contribution in [-0.2, 0) is 16.0 Å². The highest BCUT2D eigenvalue weighted by atomic mass is 32.2. The van der Waals surface area contributed by atoms with E-state index < -0.39 is 5.25 Å². The second kappa shape index (κ2) is 11.6. The Morgan fingerprint density at radius 2 is 1.30 bits per heavy atom. The molecule has 182 valence electrons. The molecule has 5 heteroatoms. The Bertz CT molecular complexity index is 1500. The standard InChI is InChI=1S/C32H26N2O2S/c35-30(22-23-10-3-1-4-11-23)33-26-18-20-27(21-19-26)37-31(25-13-5-2-6-14-25)32(36)34-29-17-9-15-24-12-7-8-16-28(24)29/h1-21,31H,22H2,(H,33,35)(H,34,36). The lowest BCUT2D eigenvalue weighted by Crippen LogP contribution is -2.19. The largest absolute Gasteiger partial charge is 0.326 e. The average Bonchev–Trinajstić information content (AvgIpc) is 2.94. The Balaban J connectivity index is 1.31. The average molecular weight is 503 g/mol. The van der Waals surface area contributed by atoms with E-state index >= 15 is 0 Å². The first-order valence-electron chi connectivity index (χ1n) is 12.1. The molecule has 0 heterocycles. The monoisotopic (exact) mass is 502 g/mol. The van der Waals surface area contributed by atoms with Crippen molar-refractivity contribution in [2.75, 3.05) is 10.6 Å². The van der Waals surface area contributed by atoms with Crippen LogP contribution in [0, 0.1) is 0 Å². The number of carbonyl (C=O) groups excluding carboxylic acids is 2. The van der Waals surface area contributed by atoms with Gasteiger partial charge in [-0.1, -0.05) is 97.1 Å². The molecule has 5 aromatic rings. The second-order valence-corrected chi connectivity index (χ2v) is 9.84. The molecule has 37 heavy (non-hydrogen) atoms. The van der Waals surface area contributed by atoms with Gasteiger partial charge in [-0.2, -0.15) is 0 Å². The SMILES string of the molecule is O=C(Cc1ccccc1)Nc1ccc(SC(C(=O)Nc2cccc3ccccc23)c2ccccc2)cc1. The van der Waals surface area contributed by atoms with E-state index in [1.165, 1.54) is 11.8 Å². The second-order valence-electron chi connectivity index (χ2n) is 8.66. The van der Waals surface area contributed by atoms with Gasteiger partial charge in [0.2, 0.25) is 11.8 Å². The number of rotatable bonds is 8. The van der Waals surface area contributed by atoms with E-state index in [0.717, 1.165) is 38.2 Å². The van der Waals surface area contributed by atoms with Crippen LogP contribution in [0.5, 0.6) is 0 Å². The predicted octanol–water partition coefficient (Wildman–Crippen LogP) is 7.49. The number of hydrogen-bond acceptors (Lipinski definition) is 3. The van der Waals surface area contributed by atoms with Gasteiger partial charge in [0.1, 0.15) is 5.25 Å². The molecule has 1 atom stereocenters. The van der Waals surface area contributed by atoms with Gasteiger partial charge in [0, 0.05) is 21.7 Å². The van der Waals surface area contributed by atoms with Gasteiger partial charge in [0.05, 0.1) is 6.42 Å². The highest BCUT2D eigenvalue weighted by molar-refractivity contribution is 8.00. The number of thioether (sulfide) groups is 1. The van der Waals surface area contributed by atoms with Crippen molar-refractivity contribution < 1.29 is 9.59 Å². The molecule has 5 aromatic carbocycles. The van der Waals surface area contributed by atoms with Gasteiger partial charge in [0.25, 0.3) is 0 Å². The maximum Gasteiger partial charge on any atom is 0.242 e. The first-order chi connectivity index (χ1) is 18.2. The molecule has 0 bridgehead atoms. The predicted molar refractivity (Wildman–Crippen MR) is 153 cm³/mol. The van der Waals surface area contributed by atoms with Gasteiger partial charge in [-0.25, -0.2) is 0 Å². The number of nitrogens with one attached hydrogen (secondary N) is 2. The topological polar surface area (TPSA) is 58.2 Å². The van der Waals surface area contributed by atoms with E-state index in [2.05, 4.69) is 10.6 Å². The van der Waals surface area contributed by atoms with Crippen molar-refractivity contribution in [1.29, 1.82) is 0 Å². The molecule has 2 amide bonds. The van der Waals surface area contributed by atoms with Crippen LogP contribution in [0.4, 0.5) is 11.4 Å². The summed E-state index contributed by atoms with van der Waals surface area (Å²) in [6, 6.07) is 41.0. The fourth-order valence-electron chi connectivity index (χ4n) is 4.17. The van der Waals surface area contributed by atoms with E-state index in [-0.39, 0.29) is 11.8 Å². The minimum atomic E-state index is -0.446. The van der Waals surface area contributed by atoms with Crippen molar-refractivity contribution in [2.45, 2.75) is 16.6 Å². The molecular formula is C32H26N2O2S. The van der Waals surface area contributed by atoms with Crippen LogP contribution in [-0.4, -0.2) is 11.8 Å². The van der Waals surface area contributed by atoms with Crippen molar-refractivity contribution in [2.24, 2.45) is 0 Å². The number of carbonyl (C=O) groups is 2. The van der Waals surface area contributed by atoms with Crippen LogP contribution in [0.1, 0.15) is 16.4 Å². The van der Waals surface area contributed by atoms with Crippen molar-refractivity contribution >= 4 is 45.7 Å². The molecule has 0 spiro atoms.